The number of aliphatic hydroxyl groups excluding tert-OH is 1. The van der Waals surface area contributed by atoms with Crippen molar-refractivity contribution in [3.05, 3.63) is 33.6 Å². The molecular weight excluding hydrogens is 275 g/mol. The topological polar surface area (TPSA) is 110 Å². The van der Waals surface area contributed by atoms with E-state index in [0.717, 1.165) is 0 Å². The third kappa shape index (κ3) is 3.10. The molecule has 0 aliphatic carbocycles. The average Bonchev–Trinajstić information content (AvgIpc) is 2.29. The van der Waals surface area contributed by atoms with Gasteiger partial charge in [0.25, 0.3) is 5.69 Å². The number of aliphatic carboxylic acids is 1. The highest BCUT2D eigenvalue weighted by molar-refractivity contribution is 5.76. The number of rotatable bonds is 5. The molecule has 0 amide bonds. The van der Waals surface area contributed by atoms with E-state index < -0.39 is 46.4 Å². The van der Waals surface area contributed by atoms with E-state index in [2.05, 4.69) is 4.74 Å². The van der Waals surface area contributed by atoms with Crippen LogP contribution in [0.15, 0.2) is 12.1 Å². The van der Waals surface area contributed by atoms with E-state index in [1.54, 1.807) is 0 Å². The van der Waals surface area contributed by atoms with Gasteiger partial charge in [0.2, 0.25) is 0 Å². The van der Waals surface area contributed by atoms with E-state index in [1.807, 2.05) is 0 Å². The third-order valence-corrected chi connectivity index (χ3v) is 2.04. The molecule has 1 aromatic rings. The van der Waals surface area contributed by atoms with Gasteiger partial charge in [-0.15, -0.1) is 0 Å². The van der Waals surface area contributed by atoms with Crippen molar-refractivity contribution in [1.29, 1.82) is 0 Å². The van der Waals surface area contributed by atoms with Crippen LogP contribution in [0.1, 0.15) is 11.7 Å². The summed E-state index contributed by atoms with van der Waals surface area (Å²) in [5.41, 5.74) is -2.32. The zero-order chi connectivity index (χ0) is 14.7. The SMILES string of the molecule is O=C(O)C(O)c1c([N+](=O)[O-])ccc(OC(F)F)c1F. The summed E-state index contributed by atoms with van der Waals surface area (Å²) in [7, 11) is 0. The maximum absolute atomic E-state index is 13.7. The number of halogens is 3. The molecule has 0 spiro atoms. The standard InChI is InChI=1S/C9H6F3NO6/c10-6-4(19-9(11)12)2-1-3(13(17)18)5(6)7(14)8(15)16/h1-2,7,9,14H,(H,15,16). The van der Waals surface area contributed by atoms with Gasteiger partial charge < -0.3 is 14.9 Å². The molecule has 1 unspecified atom stereocenters. The first-order valence-electron chi connectivity index (χ1n) is 4.58. The van der Waals surface area contributed by atoms with E-state index in [1.165, 1.54) is 0 Å². The Hall–Kier alpha value is -2.36. The maximum atomic E-state index is 13.7. The van der Waals surface area contributed by atoms with Gasteiger partial charge in [0, 0.05) is 6.07 Å². The number of benzene rings is 1. The molecule has 0 saturated heterocycles. The molecule has 19 heavy (non-hydrogen) atoms. The number of nitrogens with zero attached hydrogens (tertiary/aromatic N) is 1. The van der Waals surface area contributed by atoms with Gasteiger partial charge in [-0.2, -0.15) is 8.78 Å². The molecule has 0 aliphatic heterocycles. The highest BCUT2D eigenvalue weighted by Gasteiger charge is 2.32. The van der Waals surface area contributed by atoms with Crippen molar-refractivity contribution in [3.8, 4) is 5.75 Å². The molecule has 7 nitrogen and oxygen atoms in total. The number of nitro benzene ring substituents is 1. The van der Waals surface area contributed by atoms with Gasteiger partial charge in [-0.05, 0) is 6.07 Å². The Balaban J connectivity index is 3.44. The molecule has 0 fully saturated rings. The molecule has 10 heteroatoms. The van der Waals surface area contributed by atoms with Crippen LogP contribution in [-0.4, -0.2) is 27.7 Å². The van der Waals surface area contributed by atoms with E-state index >= 15 is 0 Å². The van der Waals surface area contributed by atoms with Gasteiger partial charge in [0.1, 0.15) is 5.56 Å². The minimum Gasteiger partial charge on any atom is -0.479 e. The van der Waals surface area contributed by atoms with Crippen LogP contribution in [0.2, 0.25) is 0 Å². The minimum absolute atomic E-state index is 0.539. The van der Waals surface area contributed by atoms with E-state index in [0.29, 0.717) is 12.1 Å². The van der Waals surface area contributed by atoms with Crippen LogP contribution in [0.3, 0.4) is 0 Å². The summed E-state index contributed by atoms with van der Waals surface area (Å²) in [4.78, 5) is 20.0. The lowest BCUT2D eigenvalue weighted by Crippen LogP contribution is -2.16. The maximum Gasteiger partial charge on any atom is 0.387 e. The lowest BCUT2D eigenvalue weighted by Gasteiger charge is -2.11. The minimum atomic E-state index is -3.41. The van der Waals surface area contributed by atoms with Crippen molar-refractivity contribution in [3.63, 3.8) is 0 Å². The lowest BCUT2D eigenvalue weighted by atomic mass is 10.1. The predicted octanol–water partition coefficient (Wildman–Crippen LogP) is 1.45. The fourth-order valence-corrected chi connectivity index (χ4v) is 1.29. The highest BCUT2D eigenvalue weighted by atomic mass is 19.3. The first-order chi connectivity index (χ1) is 8.75. The second-order valence-corrected chi connectivity index (χ2v) is 3.19. The molecule has 0 aromatic heterocycles. The van der Waals surface area contributed by atoms with Crippen molar-refractivity contribution >= 4 is 11.7 Å². The summed E-state index contributed by atoms with van der Waals surface area (Å²) in [6.07, 6.45) is -2.58. The zero-order valence-corrected chi connectivity index (χ0v) is 8.92. The number of ether oxygens (including phenoxy) is 1. The van der Waals surface area contributed by atoms with Crippen LogP contribution in [0.25, 0.3) is 0 Å². The second kappa shape index (κ2) is 5.52. The van der Waals surface area contributed by atoms with Gasteiger partial charge in [-0.3, -0.25) is 10.1 Å². The van der Waals surface area contributed by atoms with E-state index in [9.17, 15) is 33.2 Å². The Kier molecular flexibility index (Phi) is 4.27. The van der Waals surface area contributed by atoms with Crippen LogP contribution >= 0.6 is 0 Å². The summed E-state index contributed by atoms with van der Waals surface area (Å²) in [5.74, 6) is -4.81. The molecule has 0 radical (unpaired) electrons. The van der Waals surface area contributed by atoms with Gasteiger partial charge in [0.15, 0.2) is 17.7 Å². The number of aliphatic hydroxyl groups is 1. The number of alkyl halides is 2. The van der Waals surface area contributed by atoms with E-state index in [4.69, 9.17) is 5.11 Å². The Morgan fingerprint density at radius 2 is 2.00 bits per heavy atom. The molecule has 104 valence electrons. The highest BCUT2D eigenvalue weighted by Crippen LogP contribution is 2.34. The van der Waals surface area contributed by atoms with Crippen LogP contribution in [0.5, 0.6) is 5.75 Å². The number of nitro groups is 1. The summed E-state index contributed by atoms with van der Waals surface area (Å²) >= 11 is 0. The van der Waals surface area contributed by atoms with Crippen LogP contribution in [0.4, 0.5) is 18.9 Å². The van der Waals surface area contributed by atoms with Gasteiger partial charge in [-0.1, -0.05) is 0 Å². The van der Waals surface area contributed by atoms with Gasteiger partial charge in [0.05, 0.1) is 4.92 Å². The molecule has 1 aromatic carbocycles. The Bertz CT molecular complexity index is 521. The molecule has 1 atom stereocenters. The van der Waals surface area contributed by atoms with Crippen LogP contribution in [0, 0.1) is 15.9 Å². The predicted molar refractivity (Wildman–Crippen MR) is 52.3 cm³/mol. The van der Waals surface area contributed by atoms with Crippen molar-refractivity contribution in [2.45, 2.75) is 12.7 Å². The molecule has 2 N–H and O–H groups in total. The lowest BCUT2D eigenvalue weighted by molar-refractivity contribution is -0.386. The molecular formula is C9H6F3NO6. The number of carboxylic acid groups (broad SMARTS) is 1. The Morgan fingerprint density at radius 1 is 1.42 bits per heavy atom. The quantitative estimate of drug-likeness (QED) is 0.624. The fraction of sp³-hybridized carbons (Fsp3) is 0.222. The largest absolute Gasteiger partial charge is 0.479 e. The molecule has 0 bridgehead atoms. The molecule has 0 aliphatic rings. The normalized spacial score (nSPS) is 12.3. The summed E-state index contributed by atoms with van der Waals surface area (Å²) in [5, 5.41) is 28.3. The number of hydrogen-bond donors (Lipinski definition) is 2. The van der Waals surface area contributed by atoms with Crippen LogP contribution < -0.4 is 4.74 Å². The molecule has 0 heterocycles. The zero-order valence-electron chi connectivity index (χ0n) is 8.92. The Morgan fingerprint density at radius 3 is 2.42 bits per heavy atom. The summed E-state index contributed by atoms with van der Waals surface area (Å²) in [6, 6.07) is 1.10. The average molecular weight is 281 g/mol. The van der Waals surface area contributed by atoms with Crippen LogP contribution in [-0.2, 0) is 4.79 Å². The van der Waals surface area contributed by atoms with Crippen molar-refractivity contribution < 1.29 is 37.8 Å². The monoisotopic (exact) mass is 281 g/mol. The summed E-state index contributed by atoms with van der Waals surface area (Å²) < 4.78 is 41.3. The van der Waals surface area contributed by atoms with E-state index in [-0.39, 0.29) is 0 Å². The molecule has 1 rings (SSSR count). The smallest absolute Gasteiger partial charge is 0.387 e. The van der Waals surface area contributed by atoms with Crippen molar-refractivity contribution in [2.75, 3.05) is 0 Å². The first-order valence-corrected chi connectivity index (χ1v) is 4.58. The number of carboxylic acids is 1. The van der Waals surface area contributed by atoms with Gasteiger partial charge >= 0.3 is 12.6 Å². The van der Waals surface area contributed by atoms with Crippen molar-refractivity contribution in [2.24, 2.45) is 0 Å². The molecule has 0 saturated carbocycles. The van der Waals surface area contributed by atoms with Gasteiger partial charge in [-0.25, -0.2) is 9.18 Å². The van der Waals surface area contributed by atoms with Crippen molar-refractivity contribution in [1.82, 2.24) is 0 Å². The number of carbonyl (C=O) groups is 1. The fourth-order valence-electron chi connectivity index (χ4n) is 1.29. The third-order valence-electron chi connectivity index (χ3n) is 2.04. The second-order valence-electron chi connectivity index (χ2n) is 3.19. The summed E-state index contributed by atoms with van der Waals surface area (Å²) in [6.45, 7) is -3.41. The first kappa shape index (κ1) is 14.7. The number of hydrogen-bond acceptors (Lipinski definition) is 5. The Labute approximate surface area is 103 Å².